The van der Waals surface area contributed by atoms with Crippen molar-refractivity contribution in [3.63, 3.8) is 0 Å². The van der Waals surface area contributed by atoms with Gasteiger partial charge in [0.05, 0.1) is 19.3 Å². The van der Waals surface area contributed by atoms with Gasteiger partial charge in [0.2, 0.25) is 0 Å². The van der Waals surface area contributed by atoms with Gasteiger partial charge in [0.25, 0.3) is 0 Å². The molecule has 0 fully saturated rings. The van der Waals surface area contributed by atoms with E-state index >= 15 is 0 Å². The largest absolute Gasteiger partial charge is 0.466 e. The van der Waals surface area contributed by atoms with Crippen LogP contribution in [0.5, 0.6) is 0 Å². The summed E-state index contributed by atoms with van der Waals surface area (Å²) in [5.41, 5.74) is 8.81. The second-order valence-electron chi connectivity index (χ2n) is 6.86. The summed E-state index contributed by atoms with van der Waals surface area (Å²) in [5.74, 6) is -1.26. The lowest BCUT2D eigenvalue weighted by Crippen LogP contribution is -2.48. The minimum absolute atomic E-state index is 0.140. The Hall–Kier alpha value is -1.83. The Morgan fingerprint density at radius 2 is 1.76 bits per heavy atom. The number of ether oxygens (including phenoxy) is 2. The minimum Gasteiger partial charge on any atom is -0.466 e. The number of carbonyl (C=O) groups is 2. The van der Waals surface area contributed by atoms with Crippen LogP contribution in [0, 0.1) is 0 Å². The van der Waals surface area contributed by atoms with Gasteiger partial charge in [-0.3, -0.25) is 4.79 Å². The van der Waals surface area contributed by atoms with E-state index in [9.17, 15) is 9.59 Å². The third kappa shape index (κ3) is 7.72. The number of hydrogen-bond acceptors (Lipinski definition) is 6. The highest BCUT2D eigenvalue weighted by atomic mass is 28.4. The average Bonchev–Trinajstić information content (AvgIpc) is 2.48. The molecule has 0 rings (SSSR count). The van der Waals surface area contributed by atoms with Crippen LogP contribution in [0.25, 0.3) is 10.4 Å². The molecule has 0 bridgehead atoms. The highest BCUT2D eigenvalue weighted by Gasteiger charge is 2.41. The van der Waals surface area contributed by atoms with E-state index in [4.69, 9.17) is 19.4 Å². The van der Waals surface area contributed by atoms with Crippen molar-refractivity contribution in [1.29, 1.82) is 0 Å². The van der Waals surface area contributed by atoms with Crippen LogP contribution < -0.4 is 0 Å². The van der Waals surface area contributed by atoms with Gasteiger partial charge in [-0.1, -0.05) is 25.9 Å². The van der Waals surface area contributed by atoms with Gasteiger partial charge < -0.3 is 13.9 Å². The minimum atomic E-state index is -2.31. The summed E-state index contributed by atoms with van der Waals surface area (Å²) in [4.78, 5) is 26.5. The average molecular weight is 372 g/mol. The number of rotatable bonds is 9. The second kappa shape index (κ2) is 10.2. The molecule has 0 amide bonds. The van der Waals surface area contributed by atoms with Gasteiger partial charge in [0.1, 0.15) is 0 Å². The van der Waals surface area contributed by atoms with E-state index < -0.39 is 32.4 Å². The van der Waals surface area contributed by atoms with Gasteiger partial charge >= 0.3 is 11.9 Å². The first-order valence-corrected chi connectivity index (χ1v) is 11.1. The fraction of sp³-hybridized carbons (Fsp3) is 0.750. The number of azide groups is 1. The van der Waals surface area contributed by atoms with Crippen molar-refractivity contribution in [2.24, 2.45) is 5.11 Å². The fourth-order valence-corrected chi connectivity index (χ4v) is 2.86. The zero-order valence-electron chi connectivity index (χ0n) is 16.1. The molecule has 0 aliphatic heterocycles. The van der Waals surface area contributed by atoms with Gasteiger partial charge in [-0.15, -0.1) is 0 Å². The molecule has 0 aromatic carbocycles. The van der Waals surface area contributed by atoms with Gasteiger partial charge in [-0.25, -0.2) is 4.79 Å². The summed E-state index contributed by atoms with van der Waals surface area (Å²) in [5, 5.41) is 3.39. The van der Waals surface area contributed by atoms with E-state index in [1.807, 2.05) is 33.9 Å². The maximum absolute atomic E-state index is 12.2. The van der Waals surface area contributed by atoms with Crippen LogP contribution >= 0.6 is 0 Å². The summed E-state index contributed by atoms with van der Waals surface area (Å²) < 4.78 is 16.0. The van der Waals surface area contributed by atoms with E-state index in [0.29, 0.717) is 0 Å². The van der Waals surface area contributed by atoms with Crippen molar-refractivity contribution < 1.29 is 23.5 Å². The predicted octanol–water partition coefficient (Wildman–Crippen LogP) is 3.74. The molecule has 0 aromatic heterocycles. The highest BCUT2D eigenvalue weighted by Crippen LogP contribution is 2.38. The van der Waals surface area contributed by atoms with Crippen LogP contribution in [-0.4, -0.2) is 45.6 Å². The normalized spacial score (nSPS) is 14.5. The summed E-state index contributed by atoms with van der Waals surface area (Å²) in [6, 6.07) is -1.22. The molecule has 0 heterocycles. The SMILES string of the molecule is CCOC(=O)/C=C/[C@H](O[Si](C)(C)C(C)(C)C)[C@H](N=[N+]=[N-])C(=O)OCC. The molecule has 9 heteroatoms. The number of nitrogens with zero attached hydrogens (tertiary/aromatic N) is 3. The van der Waals surface area contributed by atoms with Gasteiger partial charge in [-0.2, -0.15) is 0 Å². The summed E-state index contributed by atoms with van der Waals surface area (Å²) in [6.07, 6.45) is 1.66. The molecule has 0 N–H and O–H groups in total. The molecule has 2 atom stereocenters. The van der Waals surface area contributed by atoms with Crippen molar-refractivity contribution in [2.75, 3.05) is 13.2 Å². The maximum atomic E-state index is 12.2. The van der Waals surface area contributed by atoms with E-state index in [-0.39, 0.29) is 18.3 Å². The lowest BCUT2D eigenvalue weighted by molar-refractivity contribution is -0.146. The Morgan fingerprint density at radius 3 is 2.20 bits per heavy atom. The zero-order chi connectivity index (χ0) is 19.7. The van der Waals surface area contributed by atoms with Gasteiger partial charge in [0.15, 0.2) is 14.4 Å². The van der Waals surface area contributed by atoms with Crippen LogP contribution in [0.3, 0.4) is 0 Å². The number of esters is 2. The molecule has 0 aliphatic carbocycles. The number of carbonyl (C=O) groups excluding carboxylic acids is 2. The summed E-state index contributed by atoms with van der Waals surface area (Å²) in [7, 11) is -2.31. The van der Waals surface area contributed by atoms with E-state index in [0.717, 1.165) is 0 Å². The zero-order valence-corrected chi connectivity index (χ0v) is 17.1. The smallest absolute Gasteiger partial charge is 0.330 e. The molecule has 0 aromatic rings. The van der Waals surface area contributed by atoms with Crippen LogP contribution in [-0.2, 0) is 23.5 Å². The molecule has 25 heavy (non-hydrogen) atoms. The van der Waals surface area contributed by atoms with Crippen LogP contribution in [0.4, 0.5) is 0 Å². The lowest BCUT2D eigenvalue weighted by atomic mass is 10.1. The molecule has 0 unspecified atom stereocenters. The predicted molar refractivity (Wildman–Crippen MR) is 97.4 cm³/mol. The molecular formula is C16H29N3O5Si. The first kappa shape index (κ1) is 23.2. The standard InChI is InChI=1S/C16H29N3O5Si/c1-8-22-13(20)11-10-12(24-25(6,7)16(3,4)5)14(18-19-17)15(21)23-9-2/h10-12,14H,8-9H2,1-7H3/b11-10+/t12-,14-/m0/s1. The van der Waals surface area contributed by atoms with Crippen molar-refractivity contribution in [3.8, 4) is 0 Å². The van der Waals surface area contributed by atoms with Gasteiger partial charge in [-0.05, 0) is 43.6 Å². The fourth-order valence-electron chi connectivity index (χ4n) is 1.62. The molecule has 0 spiro atoms. The maximum Gasteiger partial charge on any atom is 0.330 e. The lowest BCUT2D eigenvalue weighted by Gasteiger charge is -2.39. The molecular weight excluding hydrogens is 342 g/mol. The molecule has 0 aliphatic rings. The molecule has 0 radical (unpaired) electrons. The molecule has 0 saturated heterocycles. The van der Waals surface area contributed by atoms with Crippen LogP contribution in [0.2, 0.25) is 18.1 Å². The Bertz CT molecular complexity index is 536. The Labute approximate surface area is 150 Å². The summed E-state index contributed by atoms with van der Waals surface area (Å²) in [6.45, 7) is 13.8. The second-order valence-corrected chi connectivity index (χ2v) is 11.6. The topological polar surface area (TPSA) is 111 Å². The van der Waals surface area contributed by atoms with E-state index in [2.05, 4.69) is 10.0 Å². The van der Waals surface area contributed by atoms with Crippen molar-refractivity contribution >= 4 is 20.3 Å². The highest BCUT2D eigenvalue weighted by molar-refractivity contribution is 6.74. The van der Waals surface area contributed by atoms with Crippen molar-refractivity contribution in [2.45, 2.75) is 64.9 Å². The first-order valence-electron chi connectivity index (χ1n) is 8.23. The van der Waals surface area contributed by atoms with Crippen LogP contribution in [0.15, 0.2) is 17.3 Å². The van der Waals surface area contributed by atoms with Gasteiger partial charge in [0, 0.05) is 11.0 Å². The Morgan fingerprint density at radius 1 is 1.20 bits per heavy atom. The van der Waals surface area contributed by atoms with E-state index in [1.165, 1.54) is 12.2 Å². The van der Waals surface area contributed by atoms with E-state index in [1.54, 1.807) is 13.8 Å². The third-order valence-electron chi connectivity index (χ3n) is 3.96. The molecule has 8 nitrogen and oxygen atoms in total. The Kier molecular flexibility index (Phi) is 9.47. The quantitative estimate of drug-likeness (QED) is 0.153. The molecule has 142 valence electrons. The summed E-state index contributed by atoms with van der Waals surface area (Å²) >= 11 is 0. The molecule has 0 saturated carbocycles. The monoisotopic (exact) mass is 371 g/mol. The van der Waals surface area contributed by atoms with Crippen molar-refractivity contribution in [1.82, 2.24) is 0 Å². The van der Waals surface area contributed by atoms with Crippen LogP contribution in [0.1, 0.15) is 34.6 Å². The third-order valence-corrected chi connectivity index (χ3v) is 8.43. The Balaban J connectivity index is 5.73. The van der Waals surface area contributed by atoms with Crippen molar-refractivity contribution in [3.05, 3.63) is 22.6 Å². The number of hydrogen-bond donors (Lipinski definition) is 0. The first-order chi connectivity index (χ1) is 11.5.